The van der Waals surface area contributed by atoms with Crippen LogP contribution in [0.5, 0.6) is 0 Å². The molecule has 4 aromatic rings. The Labute approximate surface area is 163 Å². The fourth-order valence-electron chi connectivity index (χ4n) is 2.89. The number of aromatic nitrogens is 3. The topological polar surface area (TPSA) is 96.9 Å². The molecule has 0 bridgehead atoms. The highest BCUT2D eigenvalue weighted by atomic mass is 32.1. The number of thiazole rings is 1. The van der Waals surface area contributed by atoms with Gasteiger partial charge in [0, 0.05) is 10.9 Å². The van der Waals surface area contributed by atoms with Crippen LogP contribution in [-0.4, -0.2) is 20.4 Å². The van der Waals surface area contributed by atoms with E-state index < -0.39 is 17.2 Å². The number of amides is 1. The molecule has 4 rings (SSSR count). The molecular weight excluding hydrogens is 376 g/mol. The fourth-order valence-corrected chi connectivity index (χ4v) is 3.63. The van der Waals surface area contributed by atoms with Crippen molar-refractivity contribution in [2.75, 3.05) is 5.32 Å². The predicted octanol–water partition coefficient (Wildman–Crippen LogP) is 2.76. The lowest BCUT2D eigenvalue weighted by Gasteiger charge is -2.08. The lowest BCUT2D eigenvalue weighted by molar-refractivity contribution is -0.116. The van der Waals surface area contributed by atoms with Gasteiger partial charge in [-0.2, -0.15) is 0 Å². The lowest BCUT2D eigenvalue weighted by atomic mass is 10.1. The molecule has 2 aromatic heterocycles. The maximum Gasteiger partial charge on any atom is 0.329 e. The molecule has 140 valence electrons. The standard InChI is InChI=1S/C20H16N4O3S/c1-12-6-8-13(9-7-12)15-11-28-19(21-15)22-17(25)10-24-16-5-3-2-4-14(16)18(26)23-20(24)27/h2-9,11H,10H2,1H3,(H,21,22,25)(H,23,26,27). The molecule has 0 fully saturated rings. The van der Waals surface area contributed by atoms with Crippen molar-refractivity contribution in [3.05, 3.63) is 80.3 Å². The number of fused-ring (bicyclic) bond motifs is 1. The summed E-state index contributed by atoms with van der Waals surface area (Å²) in [6.07, 6.45) is 0. The van der Waals surface area contributed by atoms with Gasteiger partial charge in [-0.1, -0.05) is 42.0 Å². The van der Waals surface area contributed by atoms with Crippen LogP contribution in [-0.2, 0) is 11.3 Å². The second kappa shape index (κ2) is 7.24. The minimum atomic E-state index is -0.627. The van der Waals surface area contributed by atoms with Gasteiger partial charge in [0.1, 0.15) is 6.54 Å². The molecule has 0 radical (unpaired) electrons. The summed E-state index contributed by atoms with van der Waals surface area (Å²) in [6.45, 7) is 1.79. The van der Waals surface area contributed by atoms with Crippen molar-refractivity contribution in [1.29, 1.82) is 0 Å². The summed E-state index contributed by atoms with van der Waals surface area (Å²) in [7, 11) is 0. The van der Waals surface area contributed by atoms with Crippen LogP contribution >= 0.6 is 11.3 Å². The highest BCUT2D eigenvalue weighted by Gasteiger charge is 2.13. The third-order valence-corrected chi connectivity index (χ3v) is 5.06. The molecule has 0 saturated heterocycles. The maximum absolute atomic E-state index is 12.5. The molecule has 0 aliphatic heterocycles. The molecule has 28 heavy (non-hydrogen) atoms. The molecule has 2 N–H and O–H groups in total. The average Bonchev–Trinajstić information content (AvgIpc) is 3.14. The number of para-hydroxylation sites is 1. The normalized spacial score (nSPS) is 10.9. The third-order valence-electron chi connectivity index (χ3n) is 4.30. The quantitative estimate of drug-likeness (QED) is 0.558. The van der Waals surface area contributed by atoms with Gasteiger partial charge in [-0.25, -0.2) is 9.78 Å². The minimum absolute atomic E-state index is 0.227. The Balaban J connectivity index is 1.56. The second-order valence-electron chi connectivity index (χ2n) is 6.31. The highest BCUT2D eigenvalue weighted by Crippen LogP contribution is 2.25. The van der Waals surface area contributed by atoms with E-state index in [1.165, 1.54) is 15.9 Å². The van der Waals surface area contributed by atoms with Crippen molar-refractivity contribution in [3.63, 3.8) is 0 Å². The van der Waals surface area contributed by atoms with Gasteiger partial charge in [-0.05, 0) is 19.1 Å². The van der Waals surface area contributed by atoms with Gasteiger partial charge >= 0.3 is 5.69 Å². The van der Waals surface area contributed by atoms with Gasteiger partial charge in [0.25, 0.3) is 5.56 Å². The summed E-state index contributed by atoms with van der Waals surface area (Å²) >= 11 is 1.31. The van der Waals surface area contributed by atoms with Gasteiger partial charge in [0.2, 0.25) is 5.91 Å². The molecule has 0 atom stereocenters. The number of nitrogens with zero attached hydrogens (tertiary/aromatic N) is 2. The van der Waals surface area contributed by atoms with E-state index in [4.69, 9.17) is 0 Å². The van der Waals surface area contributed by atoms with E-state index >= 15 is 0 Å². The number of H-pyrrole nitrogens is 1. The summed E-state index contributed by atoms with van der Waals surface area (Å²) < 4.78 is 1.24. The van der Waals surface area contributed by atoms with Crippen LogP contribution in [0.4, 0.5) is 5.13 Å². The van der Waals surface area contributed by atoms with Crippen LogP contribution in [0.2, 0.25) is 0 Å². The first-order valence-electron chi connectivity index (χ1n) is 8.55. The SMILES string of the molecule is Cc1ccc(-c2csc(NC(=O)Cn3c(=O)[nH]c(=O)c4ccccc43)n2)cc1. The largest absolute Gasteiger partial charge is 0.329 e. The Bertz CT molecular complexity index is 1290. The molecule has 0 spiro atoms. The molecule has 0 unspecified atom stereocenters. The van der Waals surface area contributed by atoms with Crippen molar-refractivity contribution in [1.82, 2.24) is 14.5 Å². The predicted molar refractivity (Wildman–Crippen MR) is 110 cm³/mol. The first-order valence-corrected chi connectivity index (χ1v) is 9.43. The molecule has 0 saturated carbocycles. The Kier molecular flexibility index (Phi) is 4.62. The van der Waals surface area contributed by atoms with Crippen molar-refractivity contribution in [2.45, 2.75) is 13.5 Å². The Morgan fingerprint density at radius 2 is 1.89 bits per heavy atom. The van der Waals surface area contributed by atoms with Crippen LogP contribution in [0.25, 0.3) is 22.2 Å². The van der Waals surface area contributed by atoms with Gasteiger partial charge in [-0.15, -0.1) is 11.3 Å². The van der Waals surface area contributed by atoms with Crippen LogP contribution in [0.3, 0.4) is 0 Å². The number of carbonyl (C=O) groups is 1. The van der Waals surface area contributed by atoms with E-state index in [2.05, 4.69) is 15.3 Å². The number of nitrogens with one attached hydrogen (secondary N) is 2. The number of aromatic amines is 1. The minimum Gasteiger partial charge on any atom is -0.300 e. The first kappa shape index (κ1) is 17.9. The molecule has 2 heterocycles. The number of anilines is 1. The number of hydrogen-bond acceptors (Lipinski definition) is 5. The molecule has 1 amide bonds. The van der Waals surface area contributed by atoms with Crippen LogP contribution < -0.4 is 16.6 Å². The summed E-state index contributed by atoms with van der Waals surface area (Å²) in [6, 6.07) is 14.6. The molecule has 8 heteroatoms. The van der Waals surface area contributed by atoms with E-state index in [1.807, 2.05) is 36.6 Å². The van der Waals surface area contributed by atoms with Gasteiger partial charge in [-0.3, -0.25) is 19.1 Å². The number of rotatable bonds is 4. The van der Waals surface area contributed by atoms with Gasteiger partial charge in [0.15, 0.2) is 5.13 Å². The van der Waals surface area contributed by atoms with Crippen molar-refractivity contribution in [2.24, 2.45) is 0 Å². The van der Waals surface area contributed by atoms with E-state index in [0.29, 0.717) is 16.0 Å². The fraction of sp³-hybridized carbons (Fsp3) is 0.100. The highest BCUT2D eigenvalue weighted by molar-refractivity contribution is 7.14. The van der Waals surface area contributed by atoms with Gasteiger partial charge in [0.05, 0.1) is 16.6 Å². The monoisotopic (exact) mass is 392 g/mol. The summed E-state index contributed by atoms with van der Waals surface area (Å²) in [5.74, 6) is -0.399. The summed E-state index contributed by atoms with van der Waals surface area (Å²) in [4.78, 5) is 43.2. The number of hydrogen-bond donors (Lipinski definition) is 2. The number of benzene rings is 2. The molecule has 0 aliphatic rings. The van der Waals surface area contributed by atoms with Crippen molar-refractivity contribution < 1.29 is 4.79 Å². The zero-order valence-electron chi connectivity index (χ0n) is 14.9. The summed E-state index contributed by atoms with van der Waals surface area (Å²) in [5, 5.41) is 5.38. The van der Waals surface area contributed by atoms with Crippen molar-refractivity contribution in [3.8, 4) is 11.3 Å². The van der Waals surface area contributed by atoms with E-state index in [9.17, 15) is 14.4 Å². The zero-order valence-corrected chi connectivity index (χ0v) is 15.7. The summed E-state index contributed by atoms with van der Waals surface area (Å²) in [5.41, 5.74) is 2.20. The number of carbonyl (C=O) groups excluding carboxylic acids is 1. The first-order chi connectivity index (χ1) is 13.5. The van der Waals surface area contributed by atoms with E-state index in [-0.39, 0.29) is 6.54 Å². The van der Waals surface area contributed by atoms with Crippen LogP contribution in [0.1, 0.15) is 5.56 Å². The van der Waals surface area contributed by atoms with Gasteiger partial charge < -0.3 is 5.32 Å². The Morgan fingerprint density at radius 1 is 1.14 bits per heavy atom. The zero-order chi connectivity index (χ0) is 19.7. The van der Waals surface area contributed by atoms with Crippen LogP contribution in [0, 0.1) is 6.92 Å². The van der Waals surface area contributed by atoms with E-state index in [0.717, 1.165) is 16.8 Å². The molecule has 2 aromatic carbocycles. The number of aryl methyl sites for hydroxylation is 1. The third kappa shape index (κ3) is 3.49. The van der Waals surface area contributed by atoms with E-state index in [1.54, 1.807) is 24.3 Å². The Hall–Kier alpha value is -3.52. The average molecular weight is 392 g/mol. The van der Waals surface area contributed by atoms with Crippen molar-refractivity contribution >= 4 is 33.3 Å². The lowest BCUT2D eigenvalue weighted by Crippen LogP contribution is -2.33. The molecule has 7 nitrogen and oxygen atoms in total. The molecule has 0 aliphatic carbocycles. The maximum atomic E-state index is 12.5. The molecular formula is C20H16N4O3S. The second-order valence-corrected chi connectivity index (χ2v) is 7.17. The smallest absolute Gasteiger partial charge is 0.300 e. The Morgan fingerprint density at radius 3 is 2.68 bits per heavy atom. The van der Waals surface area contributed by atoms with Crippen LogP contribution in [0.15, 0.2) is 63.5 Å².